The highest BCUT2D eigenvalue weighted by Gasteiger charge is 2.30. The number of aromatic nitrogens is 5. The number of carbonyl (C=O) groups excluding carboxylic acids is 1. The van der Waals surface area contributed by atoms with Crippen LogP contribution in [0.25, 0.3) is 10.9 Å². The fourth-order valence-corrected chi connectivity index (χ4v) is 5.33. The first-order valence-electron chi connectivity index (χ1n) is 12.8. The van der Waals surface area contributed by atoms with E-state index in [9.17, 15) is 9.59 Å². The van der Waals surface area contributed by atoms with Crippen molar-refractivity contribution >= 4 is 34.4 Å². The van der Waals surface area contributed by atoms with E-state index in [4.69, 9.17) is 10.00 Å². The third kappa shape index (κ3) is 5.40. The summed E-state index contributed by atoms with van der Waals surface area (Å²) in [4.78, 5) is 38.5. The van der Waals surface area contributed by atoms with Gasteiger partial charge in [0.05, 0.1) is 30.6 Å². The predicted octanol–water partition coefficient (Wildman–Crippen LogP) is 1.90. The number of rotatable bonds is 6. The number of pyridine rings is 1. The van der Waals surface area contributed by atoms with Crippen LogP contribution in [0.4, 0.5) is 22.2 Å². The number of hydrogen-bond donors (Lipinski definition) is 2. The lowest BCUT2D eigenvalue weighted by Gasteiger charge is -2.41. The zero-order valence-corrected chi connectivity index (χ0v) is 21.6. The van der Waals surface area contributed by atoms with Gasteiger partial charge < -0.3 is 24.8 Å². The second-order valence-electron chi connectivity index (χ2n) is 9.73. The van der Waals surface area contributed by atoms with Crippen molar-refractivity contribution in [1.82, 2.24) is 34.1 Å². The summed E-state index contributed by atoms with van der Waals surface area (Å²) >= 11 is 0. The Morgan fingerprint density at radius 1 is 1.18 bits per heavy atom. The predicted molar refractivity (Wildman–Crippen MR) is 141 cm³/mol. The van der Waals surface area contributed by atoms with Crippen LogP contribution in [-0.4, -0.2) is 85.6 Å². The van der Waals surface area contributed by atoms with Crippen LogP contribution in [-0.2, 0) is 18.3 Å². The van der Waals surface area contributed by atoms with E-state index in [-0.39, 0.29) is 24.2 Å². The number of nitrogens with one attached hydrogen (secondary N) is 2. The maximum atomic E-state index is 13.2. The van der Waals surface area contributed by atoms with Crippen LogP contribution >= 0.6 is 0 Å². The molecule has 2 aliphatic rings. The maximum absolute atomic E-state index is 13.2. The molecule has 0 bridgehead atoms. The molecule has 0 radical (unpaired) electrons. The Kier molecular flexibility index (Phi) is 7.41. The number of methoxy groups -OCH3 is 1. The average molecular weight is 521 g/mol. The molecule has 0 aromatic carbocycles. The van der Waals surface area contributed by atoms with Gasteiger partial charge in [-0.15, -0.1) is 0 Å². The van der Waals surface area contributed by atoms with E-state index in [0.717, 1.165) is 44.5 Å². The molecule has 2 N–H and O–H groups in total. The van der Waals surface area contributed by atoms with Crippen LogP contribution in [0.2, 0.25) is 0 Å². The average Bonchev–Trinajstić information content (AvgIpc) is 3.34. The SMILES string of the molecule is COC(=O)N1CCN(C2CCC(Nc3nc(Nc4cnn(C)c4)nc4ccn(CC#N)c(=O)c34)CC2)CC1. The van der Waals surface area contributed by atoms with E-state index < -0.39 is 0 Å². The van der Waals surface area contributed by atoms with Gasteiger partial charge in [0, 0.05) is 57.7 Å². The molecule has 1 amide bonds. The monoisotopic (exact) mass is 520 g/mol. The maximum Gasteiger partial charge on any atom is 0.409 e. The number of hydrogen-bond acceptors (Lipinski definition) is 10. The van der Waals surface area contributed by atoms with Crippen molar-refractivity contribution in [2.45, 2.75) is 44.3 Å². The zero-order chi connectivity index (χ0) is 26.6. The Labute approximate surface area is 220 Å². The van der Waals surface area contributed by atoms with Crippen LogP contribution in [0.1, 0.15) is 25.7 Å². The van der Waals surface area contributed by atoms with Gasteiger partial charge in [-0.05, 0) is 31.7 Å². The summed E-state index contributed by atoms with van der Waals surface area (Å²) in [6.45, 7) is 3.00. The minimum absolute atomic E-state index is 0.0434. The van der Waals surface area contributed by atoms with Crippen LogP contribution in [0.3, 0.4) is 0 Å². The molecular formula is C25H32N10O3. The normalized spacial score (nSPS) is 20.2. The molecule has 4 heterocycles. The highest BCUT2D eigenvalue weighted by atomic mass is 16.5. The lowest BCUT2D eigenvalue weighted by atomic mass is 9.89. The van der Waals surface area contributed by atoms with Gasteiger partial charge in [0.15, 0.2) is 0 Å². The smallest absolute Gasteiger partial charge is 0.409 e. The molecule has 13 nitrogen and oxygen atoms in total. The number of piperazine rings is 1. The van der Waals surface area contributed by atoms with Crippen molar-refractivity contribution in [2.24, 2.45) is 7.05 Å². The molecule has 0 unspecified atom stereocenters. The molecule has 5 rings (SSSR count). The lowest BCUT2D eigenvalue weighted by molar-refractivity contribution is 0.0642. The number of fused-ring (bicyclic) bond motifs is 1. The molecule has 200 valence electrons. The largest absolute Gasteiger partial charge is 0.453 e. The van der Waals surface area contributed by atoms with Crippen molar-refractivity contribution in [1.29, 1.82) is 5.26 Å². The number of ether oxygens (including phenoxy) is 1. The van der Waals surface area contributed by atoms with E-state index in [1.807, 2.05) is 19.3 Å². The fourth-order valence-electron chi connectivity index (χ4n) is 5.33. The van der Waals surface area contributed by atoms with E-state index in [2.05, 4.69) is 30.6 Å². The van der Waals surface area contributed by atoms with Gasteiger partial charge in [0.2, 0.25) is 5.95 Å². The Hall–Kier alpha value is -4.18. The molecule has 1 aliphatic heterocycles. The first kappa shape index (κ1) is 25.5. The molecule has 3 aromatic heterocycles. The molecule has 0 atom stereocenters. The summed E-state index contributed by atoms with van der Waals surface area (Å²) in [5.74, 6) is 0.830. The van der Waals surface area contributed by atoms with Gasteiger partial charge in [-0.2, -0.15) is 15.3 Å². The molecule has 0 spiro atoms. The Morgan fingerprint density at radius 2 is 1.95 bits per heavy atom. The summed E-state index contributed by atoms with van der Waals surface area (Å²) < 4.78 is 7.89. The third-order valence-electron chi connectivity index (χ3n) is 7.33. The molecule has 3 aromatic rings. The number of amides is 1. The fraction of sp³-hybridized carbons (Fsp3) is 0.520. The number of nitriles is 1. The van der Waals surface area contributed by atoms with Gasteiger partial charge in [0.1, 0.15) is 17.7 Å². The van der Waals surface area contributed by atoms with Crippen molar-refractivity contribution in [3.8, 4) is 6.07 Å². The molecule has 38 heavy (non-hydrogen) atoms. The second-order valence-corrected chi connectivity index (χ2v) is 9.73. The van der Waals surface area contributed by atoms with E-state index in [1.54, 1.807) is 28.0 Å². The molecule has 1 saturated heterocycles. The third-order valence-corrected chi connectivity index (χ3v) is 7.33. The minimum Gasteiger partial charge on any atom is -0.453 e. The highest BCUT2D eigenvalue weighted by Crippen LogP contribution is 2.28. The zero-order valence-electron chi connectivity index (χ0n) is 21.6. The summed E-state index contributed by atoms with van der Waals surface area (Å²) in [5, 5.41) is 20.4. The first-order chi connectivity index (χ1) is 18.4. The first-order valence-corrected chi connectivity index (χ1v) is 12.8. The summed E-state index contributed by atoms with van der Waals surface area (Å²) in [6.07, 6.45) is 8.70. The topological polar surface area (TPSA) is 146 Å². The van der Waals surface area contributed by atoms with Crippen molar-refractivity contribution < 1.29 is 9.53 Å². The second kappa shape index (κ2) is 11.1. The number of anilines is 3. The van der Waals surface area contributed by atoms with E-state index >= 15 is 0 Å². The van der Waals surface area contributed by atoms with Crippen LogP contribution in [0.5, 0.6) is 0 Å². The Balaban J connectivity index is 1.32. The molecule has 13 heteroatoms. The summed E-state index contributed by atoms with van der Waals surface area (Å²) in [7, 11) is 3.24. The van der Waals surface area contributed by atoms with Crippen LogP contribution in [0.15, 0.2) is 29.5 Å². The van der Waals surface area contributed by atoms with E-state index in [0.29, 0.717) is 41.8 Å². The molecule has 2 fully saturated rings. The molecule has 1 aliphatic carbocycles. The standard InChI is InChI=1S/C25H32N10O3/c1-32-16-18(15-27-32)29-24-30-20-7-9-34(10-8-26)23(36)21(20)22(31-24)28-17-3-5-19(6-4-17)33-11-13-35(14-12-33)25(37)38-2/h7,9,15-17,19H,3-6,10-14H2,1-2H3,(H2,28,29,30,31). The molecular weight excluding hydrogens is 488 g/mol. The molecule has 1 saturated carbocycles. The van der Waals surface area contributed by atoms with Crippen LogP contribution in [0, 0.1) is 11.3 Å². The quantitative estimate of drug-likeness (QED) is 0.494. The highest BCUT2D eigenvalue weighted by molar-refractivity contribution is 5.89. The van der Waals surface area contributed by atoms with Gasteiger partial charge in [0.25, 0.3) is 5.56 Å². The van der Waals surface area contributed by atoms with Gasteiger partial charge in [-0.3, -0.25) is 14.4 Å². The van der Waals surface area contributed by atoms with Gasteiger partial charge in [-0.1, -0.05) is 0 Å². The van der Waals surface area contributed by atoms with Gasteiger partial charge >= 0.3 is 6.09 Å². The minimum atomic E-state index is -0.295. The van der Waals surface area contributed by atoms with Crippen molar-refractivity contribution in [2.75, 3.05) is 43.9 Å². The van der Waals surface area contributed by atoms with Gasteiger partial charge in [-0.25, -0.2) is 9.78 Å². The summed E-state index contributed by atoms with van der Waals surface area (Å²) in [6, 6.07) is 4.38. The Morgan fingerprint density at radius 3 is 2.61 bits per heavy atom. The number of nitrogens with zero attached hydrogens (tertiary/aromatic N) is 8. The summed E-state index contributed by atoms with van der Waals surface area (Å²) in [5.41, 5.74) is 0.949. The van der Waals surface area contributed by atoms with E-state index in [1.165, 1.54) is 11.7 Å². The number of carbonyl (C=O) groups is 1. The Bertz CT molecular complexity index is 1390. The van der Waals surface area contributed by atoms with Crippen molar-refractivity contribution in [3.05, 3.63) is 35.0 Å². The number of aryl methyl sites for hydroxylation is 1. The van der Waals surface area contributed by atoms with Crippen molar-refractivity contribution in [3.63, 3.8) is 0 Å². The lowest BCUT2D eigenvalue weighted by Crippen LogP contribution is -2.53. The van der Waals surface area contributed by atoms with Crippen LogP contribution < -0.4 is 16.2 Å².